The van der Waals surface area contributed by atoms with Crippen LogP contribution in [0.4, 0.5) is 0 Å². The van der Waals surface area contributed by atoms with Crippen molar-refractivity contribution in [1.29, 1.82) is 0 Å². The Morgan fingerprint density at radius 1 is 1.38 bits per heavy atom. The van der Waals surface area contributed by atoms with Crippen LogP contribution in [-0.2, 0) is 4.79 Å². The summed E-state index contributed by atoms with van der Waals surface area (Å²) in [6, 6.07) is 0.556. The number of hydrogen-bond donors (Lipinski definition) is 2. The second kappa shape index (κ2) is 6.69. The summed E-state index contributed by atoms with van der Waals surface area (Å²) in [5.74, 6) is -0.114. The lowest BCUT2D eigenvalue weighted by Gasteiger charge is -2.22. The predicted molar refractivity (Wildman–Crippen MR) is 65.4 cm³/mol. The number of carboxylic acid groups (broad SMARTS) is 1. The van der Waals surface area contributed by atoms with Crippen LogP contribution in [0.5, 0.6) is 0 Å². The van der Waals surface area contributed by atoms with Gasteiger partial charge in [0.1, 0.15) is 0 Å². The molecule has 3 heteroatoms. The van der Waals surface area contributed by atoms with E-state index in [0.29, 0.717) is 24.1 Å². The fourth-order valence-electron chi connectivity index (χ4n) is 2.25. The minimum Gasteiger partial charge on any atom is -0.478 e. The van der Waals surface area contributed by atoms with Gasteiger partial charge in [0.05, 0.1) is 0 Å². The lowest BCUT2D eigenvalue weighted by molar-refractivity contribution is -0.132. The maximum absolute atomic E-state index is 10.6. The van der Waals surface area contributed by atoms with Gasteiger partial charge < -0.3 is 10.4 Å². The molecule has 0 aromatic rings. The summed E-state index contributed by atoms with van der Waals surface area (Å²) in [6.07, 6.45) is 8.25. The lowest BCUT2D eigenvalue weighted by atomic mass is 9.97. The van der Waals surface area contributed by atoms with Gasteiger partial charge in [-0.25, -0.2) is 4.79 Å². The van der Waals surface area contributed by atoms with E-state index in [1.807, 2.05) is 0 Å². The van der Waals surface area contributed by atoms with Gasteiger partial charge in [-0.3, -0.25) is 0 Å². The predicted octanol–water partition coefficient (Wildman–Crippen LogP) is 2.58. The fourth-order valence-corrected chi connectivity index (χ4v) is 2.25. The average Bonchev–Trinajstić information content (AvgIpc) is 2.44. The topological polar surface area (TPSA) is 49.3 Å². The number of carboxylic acids is 1. The molecular weight excluding hydrogens is 202 g/mol. The van der Waals surface area contributed by atoms with E-state index in [4.69, 9.17) is 5.11 Å². The number of rotatable bonds is 4. The van der Waals surface area contributed by atoms with Crippen molar-refractivity contribution >= 4 is 5.97 Å². The summed E-state index contributed by atoms with van der Waals surface area (Å²) in [5, 5.41) is 12.2. The summed E-state index contributed by atoms with van der Waals surface area (Å²) in [5.41, 5.74) is 0.425. The average molecular weight is 225 g/mol. The minimum atomic E-state index is -0.823. The highest BCUT2D eigenvalue weighted by Crippen LogP contribution is 2.22. The molecule has 92 valence electrons. The van der Waals surface area contributed by atoms with Crippen LogP contribution in [0.2, 0.25) is 0 Å². The van der Waals surface area contributed by atoms with Gasteiger partial charge in [-0.1, -0.05) is 32.3 Å². The summed E-state index contributed by atoms with van der Waals surface area (Å²) in [6.45, 7) is 4.60. The minimum absolute atomic E-state index is 0.425. The summed E-state index contributed by atoms with van der Waals surface area (Å²) < 4.78 is 0. The van der Waals surface area contributed by atoms with Gasteiger partial charge in [0.2, 0.25) is 0 Å². The van der Waals surface area contributed by atoms with Crippen LogP contribution >= 0.6 is 0 Å². The van der Waals surface area contributed by atoms with Crippen molar-refractivity contribution in [2.75, 3.05) is 6.54 Å². The van der Waals surface area contributed by atoms with Crippen LogP contribution in [0.15, 0.2) is 11.6 Å². The van der Waals surface area contributed by atoms with Gasteiger partial charge in [0.25, 0.3) is 0 Å². The van der Waals surface area contributed by atoms with E-state index >= 15 is 0 Å². The molecule has 1 fully saturated rings. The molecule has 0 heterocycles. The van der Waals surface area contributed by atoms with Crippen LogP contribution < -0.4 is 5.32 Å². The van der Waals surface area contributed by atoms with Crippen LogP contribution in [0.1, 0.15) is 46.0 Å². The fraction of sp³-hybridized carbons (Fsp3) is 0.769. The van der Waals surface area contributed by atoms with E-state index in [0.717, 1.165) is 0 Å². The highest BCUT2D eigenvalue weighted by Gasteiger charge is 2.18. The zero-order valence-corrected chi connectivity index (χ0v) is 10.3. The Bertz CT molecular complexity index is 261. The molecule has 0 aromatic heterocycles. The quantitative estimate of drug-likeness (QED) is 0.571. The van der Waals surface area contributed by atoms with E-state index in [1.165, 1.54) is 32.1 Å². The standard InChI is InChI=1S/C13H23NO2/c1-10-6-4-3-5-7-12(10)14-9-8-11(2)13(15)16/h8,10,12,14H,3-7,9H2,1-2H3,(H,15,16)/b11-8-. The van der Waals surface area contributed by atoms with Crippen molar-refractivity contribution in [3.8, 4) is 0 Å². The third kappa shape index (κ3) is 4.35. The van der Waals surface area contributed by atoms with Gasteiger partial charge in [0, 0.05) is 18.2 Å². The summed E-state index contributed by atoms with van der Waals surface area (Å²) >= 11 is 0. The molecule has 0 radical (unpaired) electrons. The Morgan fingerprint density at radius 3 is 2.75 bits per heavy atom. The first kappa shape index (κ1) is 13.2. The van der Waals surface area contributed by atoms with Crippen LogP contribution in [0, 0.1) is 5.92 Å². The molecule has 2 atom stereocenters. The number of aliphatic carboxylic acids is 1. The number of nitrogens with one attached hydrogen (secondary N) is 1. The first-order chi connectivity index (χ1) is 7.61. The molecule has 16 heavy (non-hydrogen) atoms. The highest BCUT2D eigenvalue weighted by molar-refractivity contribution is 5.85. The molecule has 1 aliphatic carbocycles. The first-order valence-electron chi connectivity index (χ1n) is 6.24. The monoisotopic (exact) mass is 225 g/mol. The van der Waals surface area contributed by atoms with Crippen molar-refractivity contribution < 1.29 is 9.90 Å². The second-order valence-corrected chi connectivity index (χ2v) is 4.82. The molecule has 2 N–H and O–H groups in total. The SMILES string of the molecule is C/C(=C/CNC1CCCCCC1C)C(=O)O. The molecule has 1 rings (SSSR count). The van der Waals surface area contributed by atoms with E-state index in [-0.39, 0.29) is 0 Å². The van der Waals surface area contributed by atoms with Gasteiger partial charge in [-0.05, 0) is 25.7 Å². The molecule has 0 bridgehead atoms. The molecular formula is C13H23NO2. The molecule has 2 unspecified atom stereocenters. The molecule has 3 nitrogen and oxygen atoms in total. The molecule has 0 spiro atoms. The van der Waals surface area contributed by atoms with E-state index in [2.05, 4.69) is 12.2 Å². The largest absolute Gasteiger partial charge is 0.478 e. The summed E-state index contributed by atoms with van der Waals surface area (Å²) in [7, 11) is 0. The van der Waals surface area contributed by atoms with Crippen molar-refractivity contribution in [2.24, 2.45) is 5.92 Å². The highest BCUT2D eigenvalue weighted by atomic mass is 16.4. The third-order valence-electron chi connectivity index (χ3n) is 3.49. The van der Waals surface area contributed by atoms with Gasteiger partial charge >= 0.3 is 5.97 Å². The maximum atomic E-state index is 10.6. The van der Waals surface area contributed by atoms with Crippen LogP contribution in [0.3, 0.4) is 0 Å². The normalized spacial score (nSPS) is 27.5. The van der Waals surface area contributed by atoms with E-state index in [1.54, 1.807) is 13.0 Å². The molecule has 0 saturated heterocycles. The number of carbonyl (C=O) groups is 1. The van der Waals surface area contributed by atoms with Crippen molar-refractivity contribution in [3.63, 3.8) is 0 Å². The molecule has 0 aliphatic heterocycles. The number of hydrogen-bond acceptors (Lipinski definition) is 2. The first-order valence-corrected chi connectivity index (χ1v) is 6.24. The van der Waals surface area contributed by atoms with E-state index < -0.39 is 5.97 Å². The third-order valence-corrected chi connectivity index (χ3v) is 3.49. The molecule has 0 amide bonds. The van der Waals surface area contributed by atoms with Crippen molar-refractivity contribution in [3.05, 3.63) is 11.6 Å². The van der Waals surface area contributed by atoms with Gasteiger partial charge in [-0.15, -0.1) is 0 Å². The Hall–Kier alpha value is -0.830. The molecule has 1 saturated carbocycles. The zero-order chi connectivity index (χ0) is 12.0. The Kier molecular flexibility index (Phi) is 5.53. The van der Waals surface area contributed by atoms with Gasteiger partial charge in [0.15, 0.2) is 0 Å². The summed E-state index contributed by atoms with van der Waals surface area (Å²) in [4.78, 5) is 10.6. The van der Waals surface area contributed by atoms with Gasteiger partial charge in [-0.2, -0.15) is 0 Å². The molecule has 0 aromatic carbocycles. The van der Waals surface area contributed by atoms with E-state index in [9.17, 15) is 4.79 Å². The smallest absolute Gasteiger partial charge is 0.330 e. The Morgan fingerprint density at radius 2 is 2.06 bits per heavy atom. The second-order valence-electron chi connectivity index (χ2n) is 4.82. The molecule has 1 aliphatic rings. The van der Waals surface area contributed by atoms with Crippen LogP contribution in [0.25, 0.3) is 0 Å². The zero-order valence-electron chi connectivity index (χ0n) is 10.3. The lowest BCUT2D eigenvalue weighted by Crippen LogP contribution is -2.34. The van der Waals surface area contributed by atoms with Crippen LogP contribution in [-0.4, -0.2) is 23.7 Å². The van der Waals surface area contributed by atoms with Crippen molar-refractivity contribution in [1.82, 2.24) is 5.32 Å². The Balaban J connectivity index is 2.35. The van der Waals surface area contributed by atoms with Crippen molar-refractivity contribution in [2.45, 2.75) is 52.0 Å². The Labute approximate surface area is 97.9 Å². The maximum Gasteiger partial charge on any atom is 0.330 e.